The van der Waals surface area contributed by atoms with Crippen LogP contribution in [-0.2, 0) is 12.8 Å². The van der Waals surface area contributed by atoms with Gasteiger partial charge >= 0.3 is 0 Å². The van der Waals surface area contributed by atoms with Crippen LogP contribution >= 0.6 is 0 Å². The van der Waals surface area contributed by atoms with Gasteiger partial charge in [0.1, 0.15) is 0 Å². The summed E-state index contributed by atoms with van der Waals surface area (Å²) in [6.45, 7) is 0. The third-order valence-corrected chi connectivity index (χ3v) is 5.16. The largest absolute Gasteiger partial charge is 0.0619 e. The standard InChI is InChI=1S/C24H18/c1-2-7-19-14-17(12-13-18(19)6-1)15-20-9-5-11-23-22-10-4-3-8-21(22)16-24(20)23/h1-14H,15-16H2. The predicted molar refractivity (Wildman–Crippen MR) is 101 cm³/mol. The maximum atomic E-state index is 2.33. The number of hydrogen-bond acceptors (Lipinski definition) is 0. The van der Waals surface area contributed by atoms with E-state index in [9.17, 15) is 0 Å². The van der Waals surface area contributed by atoms with Gasteiger partial charge in [0.15, 0.2) is 0 Å². The first-order valence-corrected chi connectivity index (χ1v) is 8.55. The Labute approximate surface area is 142 Å². The molecular weight excluding hydrogens is 288 g/mol. The molecule has 0 bridgehead atoms. The summed E-state index contributed by atoms with van der Waals surface area (Å²) in [5, 5.41) is 2.64. The van der Waals surface area contributed by atoms with Gasteiger partial charge in [-0.25, -0.2) is 0 Å². The van der Waals surface area contributed by atoms with Crippen LogP contribution in [0.1, 0.15) is 22.3 Å². The zero-order chi connectivity index (χ0) is 15.9. The van der Waals surface area contributed by atoms with E-state index in [-0.39, 0.29) is 0 Å². The van der Waals surface area contributed by atoms with Crippen LogP contribution in [0.4, 0.5) is 0 Å². The quantitative estimate of drug-likeness (QED) is 0.375. The molecular formula is C24H18. The Hall–Kier alpha value is -2.86. The molecule has 0 atom stereocenters. The summed E-state index contributed by atoms with van der Waals surface area (Å²) in [6.07, 6.45) is 2.07. The van der Waals surface area contributed by atoms with Gasteiger partial charge in [-0.1, -0.05) is 84.9 Å². The molecule has 0 spiro atoms. The van der Waals surface area contributed by atoms with Gasteiger partial charge < -0.3 is 0 Å². The average molecular weight is 306 g/mol. The molecule has 5 rings (SSSR count). The Balaban J connectivity index is 1.56. The summed E-state index contributed by atoms with van der Waals surface area (Å²) in [5.41, 5.74) is 8.64. The summed E-state index contributed by atoms with van der Waals surface area (Å²) < 4.78 is 0. The smallest absolute Gasteiger partial charge is 0.00106 e. The van der Waals surface area contributed by atoms with Crippen molar-refractivity contribution in [3.63, 3.8) is 0 Å². The zero-order valence-corrected chi connectivity index (χ0v) is 13.5. The second-order valence-corrected chi connectivity index (χ2v) is 6.64. The maximum absolute atomic E-state index is 2.33. The van der Waals surface area contributed by atoms with Gasteiger partial charge in [0, 0.05) is 0 Å². The molecule has 0 heteroatoms. The molecule has 0 amide bonds. The van der Waals surface area contributed by atoms with E-state index in [1.807, 2.05) is 0 Å². The van der Waals surface area contributed by atoms with Crippen LogP contribution in [0.2, 0.25) is 0 Å². The molecule has 0 unspecified atom stereocenters. The minimum Gasteiger partial charge on any atom is -0.0619 e. The van der Waals surface area contributed by atoms with Crippen LogP contribution < -0.4 is 0 Å². The monoisotopic (exact) mass is 306 g/mol. The Morgan fingerprint density at radius 2 is 1.42 bits per heavy atom. The summed E-state index contributed by atoms with van der Waals surface area (Å²) in [7, 11) is 0. The molecule has 24 heavy (non-hydrogen) atoms. The normalized spacial score (nSPS) is 12.2. The molecule has 0 N–H and O–H groups in total. The fourth-order valence-electron chi connectivity index (χ4n) is 3.96. The molecule has 4 aromatic rings. The molecule has 0 fully saturated rings. The summed E-state index contributed by atoms with van der Waals surface area (Å²) in [4.78, 5) is 0. The van der Waals surface area contributed by atoms with Crippen LogP contribution in [0.15, 0.2) is 84.9 Å². The van der Waals surface area contributed by atoms with E-state index in [0.717, 1.165) is 12.8 Å². The van der Waals surface area contributed by atoms with Gasteiger partial charge in [0.25, 0.3) is 0 Å². The topological polar surface area (TPSA) is 0 Å². The van der Waals surface area contributed by atoms with Crippen molar-refractivity contribution in [2.24, 2.45) is 0 Å². The number of rotatable bonds is 2. The number of hydrogen-bond donors (Lipinski definition) is 0. The highest BCUT2D eigenvalue weighted by Crippen LogP contribution is 2.38. The molecule has 1 aliphatic carbocycles. The fourth-order valence-corrected chi connectivity index (χ4v) is 3.96. The first-order valence-electron chi connectivity index (χ1n) is 8.55. The molecule has 0 aromatic heterocycles. The molecule has 0 nitrogen and oxygen atoms in total. The van der Waals surface area contributed by atoms with Crippen molar-refractivity contribution >= 4 is 10.8 Å². The lowest BCUT2D eigenvalue weighted by Gasteiger charge is -2.10. The molecule has 0 heterocycles. The summed E-state index contributed by atoms with van der Waals surface area (Å²) >= 11 is 0. The highest BCUT2D eigenvalue weighted by Gasteiger charge is 2.20. The highest BCUT2D eigenvalue weighted by atomic mass is 14.2. The average Bonchev–Trinajstić information content (AvgIpc) is 3.02. The first-order chi connectivity index (χ1) is 11.9. The Morgan fingerprint density at radius 3 is 2.38 bits per heavy atom. The molecule has 114 valence electrons. The predicted octanol–water partition coefficient (Wildman–Crippen LogP) is 6.00. The number of benzene rings is 4. The van der Waals surface area contributed by atoms with Crippen molar-refractivity contribution in [2.45, 2.75) is 12.8 Å². The van der Waals surface area contributed by atoms with E-state index in [1.54, 1.807) is 0 Å². The van der Waals surface area contributed by atoms with Gasteiger partial charge in [-0.05, 0) is 57.0 Å². The van der Waals surface area contributed by atoms with Crippen LogP contribution in [0, 0.1) is 0 Å². The number of fused-ring (bicyclic) bond motifs is 4. The van der Waals surface area contributed by atoms with Crippen molar-refractivity contribution in [1.29, 1.82) is 0 Å². The van der Waals surface area contributed by atoms with Gasteiger partial charge in [-0.2, -0.15) is 0 Å². The zero-order valence-electron chi connectivity index (χ0n) is 13.5. The van der Waals surface area contributed by atoms with Crippen LogP contribution in [-0.4, -0.2) is 0 Å². The Morgan fingerprint density at radius 1 is 0.625 bits per heavy atom. The second-order valence-electron chi connectivity index (χ2n) is 6.64. The summed E-state index contributed by atoms with van der Waals surface area (Å²) in [5.74, 6) is 0. The minimum atomic E-state index is 1.00. The fraction of sp³-hybridized carbons (Fsp3) is 0.0833. The van der Waals surface area contributed by atoms with Crippen molar-refractivity contribution < 1.29 is 0 Å². The van der Waals surface area contributed by atoms with E-state index >= 15 is 0 Å². The third kappa shape index (κ3) is 2.15. The third-order valence-electron chi connectivity index (χ3n) is 5.16. The van der Waals surface area contributed by atoms with Crippen LogP contribution in [0.25, 0.3) is 21.9 Å². The SMILES string of the molecule is c1ccc2c(c1)Cc1c(Cc3ccc4ccccc4c3)cccc1-2. The van der Waals surface area contributed by atoms with E-state index in [4.69, 9.17) is 0 Å². The maximum Gasteiger partial charge on any atom is -0.00106 e. The van der Waals surface area contributed by atoms with Crippen molar-refractivity contribution in [1.82, 2.24) is 0 Å². The van der Waals surface area contributed by atoms with Crippen molar-refractivity contribution in [2.75, 3.05) is 0 Å². The highest BCUT2D eigenvalue weighted by molar-refractivity contribution is 5.83. The molecule has 0 saturated heterocycles. The molecule has 1 aliphatic rings. The lowest BCUT2D eigenvalue weighted by molar-refractivity contribution is 1.12. The first kappa shape index (κ1) is 13.6. The minimum absolute atomic E-state index is 1.00. The van der Waals surface area contributed by atoms with Gasteiger partial charge in [-0.15, -0.1) is 0 Å². The molecule has 4 aromatic carbocycles. The lowest BCUT2D eigenvalue weighted by atomic mass is 9.95. The summed E-state index contributed by atoms with van der Waals surface area (Å²) in [6, 6.07) is 31.0. The van der Waals surface area contributed by atoms with Crippen LogP contribution in [0.3, 0.4) is 0 Å². The molecule has 0 aliphatic heterocycles. The van der Waals surface area contributed by atoms with Crippen LogP contribution in [0.5, 0.6) is 0 Å². The van der Waals surface area contributed by atoms with E-state index in [2.05, 4.69) is 84.9 Å². The molecule has 0 saturated carbocycles. The second kappa shape index (κ2) is 5.35. The van der Waals surface area contributed by atoms with Crippen molar-refractivity contribution in [3.8, 4) is 11.1 Å². The van der Waals surface area contributed by atoms with E-state index < -0.39 is 0 Å². The van der Waals surface area contributed by atoms with E-state index in [1.165, 1.54) is 44.2 Å². The van der Waals surface area contributed by atoms with E-state index in [0.29, 0.717) is 0 Å². The van der Waals surface area contributed by atoms with Gasteiger partial charge in [0.2, 0.25) is 0 Å². The van der Waals surface area contributed by atoms with Gasteiger partial charge in [0.05, 0.1) is 0 Å². The Kier molecular flexibility index (Phi) is 3.02. The van der Waals surface area contributed by atoms with Gasteiger partial charge in [-0.3, -0.25) is 0 Å². The Bertz CT molecular complexity index is 1060. The van der Waals surface area contributed by atoms with Crippen molar-refractivity contribution in [3.05, 3.63) is 107 Å². The lowest BCUT2D eigenvalue weighted by Crippen LogP contribution is -1.94. The molecule has 0 radical (unpaired) electrons.